The lowest BCUT2D eigenvalue weighted by molar-refractivity contribution is 0.595. The molecule has 0 atom stereocenters. The number of rotatable bonds is 7. The zero-order valence-corrected chi connectivity index (χ0v) is 16.7. The molecule has 1 heterocycles. The average molecular weight is 457 g/mol. The average Bonchev–Trinajstić information content (AvgIpc) is 3.20. The maximum atomic E-state index is 13.5. The van der Waals surface area contributed by atoms with Crippen molar-refractivity contribution < 1.29 is 4.39 Å². The second-order valence-electron chi connectivity index (χ2n) is 6.18. The van der Waals surface area contributed by atoms with Gasteiger partial charge in [-0.25, -0.2) is 4.39 Å². The van der Waals surface area contributed by atoms with Crippen LogP contribution < -0.4 is 10.6 Å². The fourth-order valence-electron chi connectivity index (χ4n) is 2.80. The van der Waals surface area contributed by atoms with Crippen LogP contribution in [0.1, 0.15) is 25.3 Å². The van der Waals surface area contributed by atoms with Crippen LogP contribution in [0.2, 0.25) is 0 Å². The highest BCUT2D eigenvalue weighted by Gasteiger charge is 2.44. The molecule has 1 aliphatic rings. The predicted molar refractivity (Wildman–Crippen MR) is 109 cm³/mol. The molecule has 25 heavy (non-hydrogen) atoms. The minimum atomic E-state index is -0.174. The van der Waals surface area contributed by atoms with E-state index in [2.05, 4.69) is 15.7 Å². The standard InChI is InChI=1S/C18H24FN5.HI/c1-2-20-17(21-10-12-24-11-4-9-23-24)22-14-18(7-8-18)15-5-3-6-16(19)13-15;/h3-6,9,11,13H,2,7-8,10,12,14H2,1H3,(H2,20,21,22);1H. The number of guanidine groups is 1. The molecule has 0 bridgehead atoms. The third kappa shape index (κ3) is 5.42. The fraction of sp³-hybridized carbons (Fsp3) is 0.444. The molecule has 1 aliphatic carbocycles. The molecule has 136 valence electrons. The molecule has 2 N–H and O–H groups in total. The van der Waals surface area contributed by atoms with Gasteiger partial charge in [-0.15, -0.1) is 24.0 Å². The fourth-order valence-corrected chi connectivity index (χ4v) is 2.80. The van der Waals surface area contributed by atoms with Crippen molar-refractivity contribution in [3.8, 4) is 0 Å². The van der Waals surface area contributed by atoms with Crippen LogP contribution in [0.5, 0.6) is 0 Å². The highest BCUT2D eigenvalue weighted by atomic mass is 127. The van der Waals surface area contributed by atoms with Crippen molar-refractivity contribution in [1.82, 2.24) is 20.4 Å². The van der Waals surface area contributed by atoms with E-state index >= 15 is 0 Å². The lowest BCUT2D eigenvalue weighted by Crippen LogP contribution is -2.39. The quantitative estimate of drug-likeness (QED) is 0.382. The summed E-state index contributed by atoms with van der Waals surface area (Å²) in [5.41, 5.74) is 1.06. The van der Waals surface area contributed by atoms with Crippen molar-refractivity contribution in [3.05, 3.63) is 54.1 Å². The van der Waals surface area contributed by atoms with Gasteiger partial charge in [0.25, 0.3) is 0 Å². The van der Waals surface area contributed by atoms with E-state index in [1.807, 2.05) is 29.9 Å². The van der Waals surface area contributed by atoms with E-state index in [0.717, 1.165) is 44.0 Å². The summed E-state index contributed by atoms with van der Waals surface area (Å²) < 4.78 is 15.4. The van der Waals surface area contributed by atoms with Gasteiger partial charge in [0, 0.05) is 30.9 Å². The monoisotopic (exact) mass is 457 g/mol. The molecule has 1 saturated carbocycles. The summed E-state index contributed by atoms with van der Waals surface area (Å²) in [6.07, 6.45) is 5.84. The van der Waals surface area contributed by atoms with Crippen LogP contribution in [-0.4, -0.2) is 35.4 Å². The summed E-state index contributed by atoms with van der Waals surface area (Å²) in [7, 11) is 0. The molecule has 0 radical (unpaired) electrons. The van der Waals surface area contributed by atoms with Crippen LogP contribution in [0, 0.1) is 5.82 Å². The first kappa shape index (κ1) is 19.7. The first-order chi connectivity index (χ1) is 11.7. The number of nitrogens with one attached hydrogen (secondary N) is 2. The molecule has 1 fully saturated rings. The van der Waals surface area contributed by atoms with E-state index in [0.29, 0.717) is 6.54 Å². The third-order valence-electron chi connectivity index (χ3n) is 4.37. The lowest BCUT2D eigenvalue weighted by Gasteiger charge is -2.16. The van der Waals surface area contributed by atoms with Crippen molar-refractivity contribution in [2.24, 2.45) is 4.99 Å². The minimum Gasteiger partial charge on any atom is -0.357 e. The number of aliphatic imine (C=N–C) groups is 1. The van der Waals surface area contributed by atoms with E-state index in [1.54, 1.807) is 18.3 Å². The SMILES string of the molecule is CCNC(=NCC1(c2cccc(F)c2)CC1)NCCn1cccn1.I. The van der Waals surface area contributed by atoms with Gasteiger partial charge in [-0.2, -0.15) is 5.10 Å². The largest absolute Gasteiger partial charge is 0.357 e. The Morgan fingerprint density at radius 2 is 2.16 bits per heavy atom. The summed E-state index contributed by atoms with van der Waals surface area (Å²) in [5, 5.41) is 10.8. The Balaban J connectivity index is 0.00000225. The van der Waals surface area contributed by atoms with Gasteiger partial charge in [0.15, 0.2) is 5.96 Å². The van der Waals surface area contributed by atoms with Crippen molar-refractivity contribution >= 4 is 29.9 Å². The summed E-state index contributed by atoms with van der Waals surface area (Å²) >= 11 is 0. The van der Waals surface area contributed by atoms with E-state index < -0.39 is 0 Å². The van der Waals surface area contributed by atoms with Gasteiger partial charge in [-0.3, -0.25) is 9.67 Å². The zero-order chi connectivity index (χ0) is 16.8. The zero-order valence-electron chi connectivity index (χ0n) is 14.4. The van der Waals surface area contributed by atoms with Gasteiger partial charge in [0.05, 0.1) is 13.1 Å². The number of hydrogen-bond acceptors (Lipinski definition) is 2. The predicted octanol–water partition coefficient (Wildman–Crippen LogP) is 2.93. The molecule has 5 nitrogen and oxygen atoms in total. The van der Waals surface area contributed by atoms with Crippen molar-refractivity contribution in [2.45, 2.75) is 31.7 Å². The minimum absolute atomic E-state index is 0. The molecular formula is C18H25FIN5. The molecule has 7 heteroatoms. The summed E-state index contributed by atoms with van der Waals surface area (Å²) in [6, 6.07) is 8.82. The van der Waals surface area contributed by atoms with Gasteiger partial charge >= 0.3 is 0 Å². The van der Waals surface area contributed by atoms with Gasteiger partial charge in [0.1, 0.15) is 5.82 Å². The van der Waals surface area contributed by atoms with Crippen LogP contribution in [0.25, 0.3) is 0 Å². The molecule has 0 amide bonds. The van der Waals surface area contributed by atoms with Crippen molar-refractivity contribution in [1.29, 1.82) is 0 Å². The van der Waals surface area contributed by atoms with E-state index in [4.69, 9.17) is 4.99 Å². The number of benzene rings is 1. The van der Waals surface area contributed by atoms with Gasteiger partial charge in [-0.1, -0.05) is 12.1 Å². The van der Waals surface area contributed by atoms with Crippen LogP contribution in [0.15, 0.2) is 47.7 Å². The Labute approximate surface area is 165 Å². The summed E-state index contributed by atoms with van der Waals surface area (Å²) in [6.45, 7) is 5.06. The number of nitrogens with zero attached hydrogens (tertiary/aromatic N) is 3. The highest BCUT2D eigenvalue weighted by molar-refractivity contribution is 14.0. The van der Waals surface area contributed by atoms with E-state index in [1.165, 1.54) is 6.07 Å². The maximum absolute atomic E-state index is 13.5. The Morgan fingerprint density at radius 3 is 2.80 bits per heavy atom. The Kier molecular flexibility index (Phi) is 7.22. The first-order valence-corrected chi connectivity index (χ1v) is 8.47. The van der Waals surface area contributed by atoms with Gasteiger partial charge in [-0.05, 0) is 43.5 Å². The smallest absolute Gasteiger partial charge is 0.191 e. The molecule has 0 saturated heterocycles. The molecule has 1 aromatic heterocycles. The number of aromatic nitrogens is 2. The molecule has 0 spiro atoms. The highest BCUT2D eigenvalue weighted by Crippen LogP contribution is 2.48. The molecule has 0 unspecified atom stereocenters. The molecule has 2 aromatic rings. The van der Waals surface area contributed by atoms with Crippen LogP contribution in [0.3, 0.4) is 0 Å². The second kappa shape index (κ2) is 9.17. The first-order valence-electron chi connectivity index (χ1n) is 8.47. The Bertz CT molecular complexity index is 683. The van der Waals surface area contributed by atoms with Crippen molar-refractivity contribution in [3.63, 3.8) is 0 Å². The topological polar surface area (TPSA) is 54.2 Å². The van der Waals surface area contributed by atoms with Gasteiger partial charge in [0.2, 0.25) is 0 Å². The van der Waals surface area contributed by atoms with E-state index in [-0.39, 0.29) is 35.2 Å². The van der Waals surface area contributed by atoms with Crippen LogP contribution in [-0.2, 0) is 12.0 Å². The molecule has 0 aliphatic heterocycles. The summed E-state index contributed by atoms with van der Waals surface area (Å²) in [4.78, 5) is 4.71. The number of hydrogen-bond donors (Lipinski definition) is 2. The maximum Gasteiger partial charge on any atom is 0.191 e. The third-order valence-corrected chi connectivity index (χ3v) is 4.37. The second-order valence-corrected chi connectivity index (χ2v) is 6.18. The Hall–Kier alpha value is -1.64. The molecule has 1 aromatic carbocycles. The molecule has 3 rings (SSSR count). The molecular weight excluding hydrogens is 432 g/mol. The van der Waals surface area contributed by atoms with Crippen LogP contribution >= 0.6 is 24.0 Å². The van der Waals surface area contributed by atoms with E-state index in [9.17, 15) is 4.39 Å². The lowest BCUT2D eigenvalue weighted by atomic mass is 9.96. The van der Waals surface area contributed by atoms with Crippen LogP contribution in [0.4, 0.5) is 4.39 Å². The summed E-state index contributed by atoms with van der Waals surface area (Å²) in [5.74, 6) is 0.624. The van der Waals surface area contributed by atoms with Crippen molar-refractivity contribution in [2.75, 3.05) is 19.6 Å². The number of halogens is 2. The van der Waals surface area contributed by atoms with Gasteiger partial charge < -0.3 is 10.6 Å². The Morgan fingerprint density at radius 1 is 1.32 bits per heavy atom. The normalized spacial score (nSPS) is 15.4.